The SMILES string of the molecule is Cl.OCCC[C@H]1CCCN1. The van der Waals surface area contributed by atoms with Crippen LogP contribution in [-0.4, -0.2) is 24.3 Å². The Morgan fingerprint density at radius 3 is 2.80 bits per heavy atom. The maximum Gasteiger partial charge on any atom is 0.0431 e. The molecular formula is C7H16ClNO. The normalized spacial score (nSPS) is 24.3. The van der Waals surface area contributed by atoms with E-state index in [-0.39, 0.29) is 12.4 Å². The van der Waals surface area contributed by atoms with Crippen molar-refractivity contribution in [3.63, 3.8) is 0 Å². The highest BCUT2D eigenvalue weighted by atomic mass is 35.5. The van der Waals surface area contributed by atoms with Crippen molar-refractivity contribution < 1.29 is 5.11 Å². The van der Waals surface area contributed by atoms with Crippen molar-refractivity contribution in [1.29, 1.82) is 0 Å². The average Bonchev–Trinajstić information content (AvgIpc) is 2.34. The maximum absolute atomic E-state index is 8.50. The molecule has 2 N–H and O–H groups in total. The molecule has 2 nitrogen and oxygen atoms in total. The third-order valence-corrected chi connectivity index (χ3v) is 1.87. The van der Waals surface area contributed by atoms with Gasteiger partial charge in [0.05, 0.1) is 0 Å². The summed E-state index contributed by atoms with van der Waals surface area (Å²) in [4.78, 5) is 0. The lowest BCUT2D eigenvalue weighted by molar-refractivity contribution is 0.277. The maximum atomic E-state index is 8.50. The minimum Gasteiger partial charge on any atom is -0.396 e. The fourth-order valence-corrected chi connectivity index (χ4v) is 1.34. The van der Waals surface area contributed by atoms with Crippen molar-refractivity contribution >= 4 is 12.4 Å². The van der Waals surface area contributed by atoms with Crippen molar-refractivity contribution in [2.45, 2.75) is 31.7 Å². The molecule has 0 aliphatic carbocycles. The van der Waals surface area contributed by atoms with Gasteiger partial charge in [-0.3, -0.25) is 0 Å². The summed E-state index contributed by atoms with van der Waals surface area (Å²) in [7, 11) is 0. The van der Waals surface area contributed by atoms with Gasteiger partial charge in [-0.05, 0) is 32.2 Å². The Bertz CT molecular complexity index is 74.0. The van der Waals surface area contributed by atoms with Gasteiger partial charge in [-0.1, -0.05) is 0 Å². The molecule has 1 heterocycles. The highest BCUT2D eigenvalue weighted by molar-refractivity contribution is 5.85. The lowest BCUT2D eigenvalue weighted by Gasteiger charge is -2.06. The van der Waals surface area contributed by atoms with Gasteiger partial charge in [0, 0.05) is 12.6 Å². The summed E-state index contributed by atoms with van der Waals surface area (Å²) in [5.41, 5.74) is 0. The van der Waals surface area contributed by atoms with Crippen LogP contribution in [0.3, 0.4) is 0 Å². The Labute approximate surface area is 68.4 Å². The molecule has 0 aromatic rings. The van der Waals surface area contributed by atoms with Gasteiger partial charge in [-0.2, -0.15) is 0 Å². The van der Waals surface area contributed by atoms with Crippen LogP contribution < -0.4 is 5.32 Å². The van der Waals surface area contributed by atoms with E-state index in [1.165, 1.54) is 19.4 Å². The van der Waals surface area contributed by atoms with E-state index in [9.17, 15) is 0 Å². The first-order valence-corrected chi connectivity index (χ1v) is 3.77. The van der Waals surface area contributed by atoms with Crippen LogP contribution in [0.1, 0.15) is 25.7 Å². The Kier molecular flexibility index (Phi) is 6.08. The van der Waals surface area contributed by atoms with Crippen LogP contribution in [0.4, 0.5) is 0 Å². The molecule has 3 heteroatoms. The van der Waals surface area contributed by atoms with E-state index in [1.807, 2.05) is 0 Å². The molecule has 1 saturated heterocycles. The molecule has 0 amide bonds. The number of halogens is 1. The molecule has 1 aliphatic heterocycles. The minimum atomic E-state index is 0. The third-order valence-electron chi connectivity index (χ3n) is 1.87. The zero-order chi connectivity index (χ0) is 6.53. The molecule has 62 valence electrons. The summed E-state index contributed by atoms with van der Waals surface area (Å²) in [5, 5.41) is 11.9. The molecule has 0 unspecified atom stereocenters. The lowest BCUT2D eigenvalue weighted by atomic mass is 10.1. The fourth-order valence-electron chi connectivity index (χ4n) is 1.34. The van der Waals surface area contributed by atoms with Gasteiger partial charge < -0.3 is 10.4 Å². The Balaban J connectivity index is 0.000000810. The molecule has 0 bridgehead atoms. The molecule has 0 radical (unpaired) electrons. The predicted octanol–water partition coefficient (Wildman–Crippen LogP) is 0.933. The molecule has 0 aromatic heterocycles. The second kappa shape index (κ2) is 5.96. The molecule has 1 atom stereocenters. The number of hydrogen-bond acceptors (Lipinski definition) is 2. The third kappa shape index (κ3) is 3.40. The molecule has 1 aliphatic rings. The molecule has 1 rings (SSSR count). The second-order valence-electron chi connectivity index (χ2n) is 2.66. The summed E-state index contributed by atoms with van der Waals surface area (Å²) < 4.78 is 0. The lowest BCUT2D eigenvalue weighted by Crippen LogP contribution is -2.21. The van der Waals surface area contributed by atoms with Crippen LogP contribution in [0.15, 0.2) is 0 Å². The van der Waals surface area contributed by atoms with E-state index in [4.69, 9.17) is 5.11 Å². The number of aliphatic hydroxyl groups is 1. The molecule has 0 aromatic carbocycles. The van der Waals surface area contributed by atoms with Gasteiger partial charge in [-0.15, -0.1) is 12.4 Å². The average molecular weight is 166 g/mol. The monoisotopic (exact) mass is 165 g/mol. The standard InChI is InChI=1S/C7H15NO.ClH/c9-6-2-4-7-3-1-5-8-7;/h7-9H,1-6H2;1H/t7-;/m1./s1. The minimum absolute atomic E-state index is 0. The number of nitrogens with one attached hydrogen (secondary N) is 1. The number of rotatable bonds is 3. The van der Waals surface area contributed by atoms with Gasteiger partial charge in [0.1, 0.15) is 0 Å². The van der Waals surface area contributed by atoms with E-state index in [0.717, 1.165) is 12.8 Å². The van der Waals surface area contributed by atoms with Crippen molar-refractivity contribution in [2.24, 2.45) is 0 Å². The second-order valence-corrected chi connectivity index (χ2v) is 2.66. The Morgan fingerprint density at radius 2 is 2.30 bits per heavy atom. The largest absolute Gasteiger partial charge is 0.396 e. The summed E-state index contributed by atoms with van der Waals surface area (Å²) in [5.74, 6) is 0. The molecule has 10 heavy (non-hydrogen) atoms. The van der Waals surface area contributed by atoms with Gasteiger partial charge in [0.15, 0.2) is 0 Å². The van der Waals surface area contributed by atoms with E-state index >= 15 is 0 Å². The van der Waals surface area contributed by atoms with E-state index in [0.29, 0.717) is 12.6 Å². The van der Waals surface area contributed by atoms with E-state index in [2.05, 4.69) is 5.32 Å². The Morgan fingerprint density at radius 1 is 1.50 bits per heavy atom. The van der Waals surface area contributed by atoms with Crippen molar-refractivity contribution in [3.05, 3.63) is 0 Å². The van der Waals surface area contributed by atoms with Crippen molar-refractivity contribution in [3.8, 4) is 0 Å². The Hall–Kier alpha value is 0.210. The van der Waals surface area contributed by atoms with Crippen molar-refractivity contribution in [1.82, 2.24) is 5.32 Å². The molecule has 0 saturated carbocycles. The topological polar surface area (TPSA) is 32.3 Å². The smallest absolute Gasteiger partial charge is 0.0431 e. The number of aliphatic hydroxyl groups excluding tert-OH is 1. The summed E-state index contributed by atoms with van der Waals surface area (Å²) in [6, 6.07) is 0.706. The molecule has 0 spiro atoms. The summed E-state index contributed by atoms with van der Waals surface area (Å²) >= 11 is 0. The zero-order valence-corrected chi connectivity index (χ0v) is 6.99. The van der Waals surface area contributed by atoms with Gasteiger partial charge >= 0.3 is 0 Å². The summed E-state index contributed by atoms with van der Waals surface area (Å²) in [6.07, 6.45) is 4.73. The quantitative estimate of drug-likeness (QED) is 0.653. The van der Waals surface area contributed by atoms with E-state index < -0.39 is 0 Å². The van der Waals surface area contributed by atoms with Crippen LogP contribution in [0.25, 0.3) is 0 Å². The van der Waals surface area contributed by atoms with Crippen molar-refractivity contribution in [2.75, 3.05) is 13.2 Å². The van der Waals surface area contributed by atoms with Crippen LogP contribution in [0.5, 0.6) is 0 Å². The van der Waals surface area contributed by atoms with Gasteiger partial charge in [0.25, 0.3) is 0 Å². The van der Waals surface area contributed by atoms with Crippen LogP contribution in [0.2, 0.25) is 0 Å². The molecular weight excluding hydrogens is 150 g/mol. The first-order valence-electron chi connectivity index (χ1n) is 3.77. The number of hydrogen-bond donors (Lipinski definition) is 2. The van der Waals surface area contributed by atoms with E-state index in [1.54, 1.807) is 0 Å². The van der Waals surface area contributed by atoms with Crippen LogP contribution in [-0.2, 0) is 0 Å². The first kappa shape index (κ1) is 10.2. The van der Waals surface area contributed by atoms with Gasteiger partial charge in [0.2, 0.25) is 0 Å². The highest BCUT2D eigenvalue weighted by Gasteiger charge is 2.11. The fraction of sp³-hybridized carbons (Fsp3) is 1.00. The highest BCUT2D eigenvalue weighted by Crippen LogP contribution is 2.09. The first-order chi connectivity index (χ1) is 4.43. The van der Waals surface area contributed by atoms with Crippen LogP contribution >= 0.6 is 12.4 Å². The predicted molar refractivity (Wildman–Crippen MR) is 44.6 cm³/mol. The summed E-state index contributed by atoms with van der Waals surface area (Å²) in [6.45, 7) is 1.52. The zero-order valence-electron chi connectivity index (χ0n) is 6.18. The van der Waals surface area contributed by atoms with Gasteiger partial charge in [-0.25, -0.2) is 0 Å². The molecule has 1 fully saturated rings. The van der Waals surface area contributed by atoms with Crippen LogP contribution in [0, 0.1) is 0 Å².